The number of nitrogen functional groups attached to an aromatic ring is 1. The molecule has 3 N–H and O–H groups in total. The van der Waals surface area contributed by atoms with Crippen LogP contribution in [-0.2, 0) is 14.5 Å². The lowest BCUT2D eigenvalue weighted by Crippen LogP contribution is -2.57. The summed E-state index contributed by atoms with van der Waals surface area (Å²) in [4.78, 5) is 20.9. The van der Waals surface area contributed by atoms with Crippen LogP contribution < -0.4 is 11.1 Å². The Bertz CT molecular complexity index is 949. The maximum absolute atomic E-state index is 14.4. The molecule has 0 aromatic carbocycles. The first kappa shape index (κ1) is 20.5. The van der Waals surface area contributed by atoms with Crippen molar-refractivity contribution in [2.45, 2.75) is 56.9 Å². The van der Waals surface area contributed by atoms with E-state index in [1.54, 1.807) is 27.7 Å². The van der Waals surface area contributed by atoms with E-state index in [4.69, 9.17) is 10.5 Å². The van der Waals surface area contributed by atoms with Crippen molar-refractivity contribution in [2.75, 3.05) is 18.0 Å². The fourth-order valence-electron chi connectivity index (χ4n) is 3.39. The highest BCUT2D eigenvalue weighted by Gasteiger charge is 2.49. The Morgan fingerprint density at radius 1 is 1.43 bits per heavy atom. The summed E-state index contributed by atoms with van der Waals surface area (Å²) in [6, 6.07) is 1.68. The zero-order valence-electron chi connectivity index (χ0n) is 16.5. The number of anilines is 1. The number of aliphatic imine (C=N–C) groups is 1. The van der Waals surface area contributed by atoms with Gasteiger partial charge in [-0.3, -0.25) is 10.3 Å². The topological polar surface area (TPSA) is 119 Å². The van der Waals surface area contributed by atoms with Gasteiger partial charge in [-0.2, -0.15) is 0 Å². The van der Waals surface area contributed by atoms with Crippen LogP contribution >= 0.6 is 0 Å². The predicted molar refractivity (Wildman–Crippen MR) is 106 cm³/mol. The van der Waals surface area contributed by atoms with Crippen LogP contribution in [0.15, 0.2) is 21.5 Å². The Morgan fingerprint density at radius 2 is 2.14 bits per heavy atom. The van der Waals surface area contributed by atoms with Gasteiger partial charge in [0.05, 0.1) is 15.5 Å². The number of hydrogen-bond acceptors (Lipinski definition) is 7. The molecule has 0 saturated heterocycles. The molecule has 10 heteroatoms. The van der Waals surface area contributed by atoms with Crippen molar-refractivity contribution in [2.24, 2.45) is 9.36 Å². The standard InChI is InChI=1S/C18H26FN5O3S/c1-17(2,3)27-16(25)24-15-18(4)8-5-9-21-28(18,26)10-12(22-15)14-11(19)6-7-13(20)23-14/h6-7,12H,5,8-10H2,1-4H3,(H2,20,23)(H,22,24,25)/t12-,18+,28+/m0/s1. The SMILES string of the molecule is CC(C)(C)OC(=O)NC1=N[C@H](c2nc(N)ccc2F)C[S@]2(=O)=NCCC[C@]12C. The third-order valence-corrected chi connectivity index (χ3v) is 7.99. The molecule has 28 heavy (non-hydrogen) atoms. The van der Waals surface area contributed by atoms with Crippen LogP contribution in [0.4, 0.5) is 15.0 Å². The highest BCUT2D eigenvalue weighted by Crippen LogP contribution is 2.39. The van der Waals surface area contributed by atoms with E-state index in [0.29, 0.717) is 13.0 Å². The van der Waals surface area contributed by atoms with Gasteiger partial charge >= 0.3 is 6.09 Å². The van der Waals surface area contributed by atoms with Crippen LogP contribution in [0.3, 0.4) is 0 Å². The third kappa shape index (κ3) is 3.82. The van der Waals surface area contributed by atoms with Gasteiger partial charge in [0, 0.05) is 6.54 Å². The summed E-state index contributed by atoms with van der Waals surface area (Å²) in [5, 5.41) is 2.64. The van der Waals surface area contributed by atoms with Gasteiger partial charge in [-0.05, 0) is 52.7 Å². The average Bonchev–Trinajstić information content (AvgIpc) is 2.56. The summed E-state index contributed by atoms with van der Waals surface area (Å²) in [5.74, 6) is -0.245. The molecular weight excluding hydrogens is 385 g/mol. The number of carbonyl (C=O) groups is 1. The van der Waals surface area contributed by atoms with Crippen LogP contribution in [0.25, 0.3) is 0 Å². The quantitative estimate of drug-likeness (QED) is 0.736. The van der Waals surface area contributed by atoms with E-state index in [1.165, 1.54) is 12.1 Å². The maximum Gasteiger partial charge on any atom is 0.413 e. The number of ether oxygens (including phenoxy) is 1. The fraction of sp³-hybridized carbons (Fsp3) is 0.611. The van der Waals surface area contributed by atoms with Gasteiger partial charge in [-0.15, -0.1) is 0 Å². The molecule has 1 aromatic rings. The van der Waals surface area contributed by atoms with Crippen molar-refractivity contribution >= 4 is 27.5 Å². The molecule has 0 radical (unpaired) electrons. The van der Waals surface area contributed by atoms with E-state index in [1.807, 2.05) is 0 Å². The Hall–Kier alpha value is -2.23. The van der Waals surface area contributed by atoms with Crippen molar-refractivity contribution in [3.05, 3.63) is 23.6 Å². The minimum Gasteiger partial charge on any atom is -0.444 e. The van der Waals surface area contributed by atoms with Crippen LogP contribution in [0, 0.1) is 5.82 Å². The predicted octanol–water partition coefficient (Wildman–Crippen LogP) is 2.80. The van der Waals surface area contributed by atoms with Gasteiger partial charge in [0.25, 0.3) is 0 Å². The number of nitrogens with two attached hydrogens (primary N) is 1. The number of halogens is 1. The average molecular weight is 412 g/mol. The number of rotatable bonds is 1. The number of nitrogens with zero attached hydrogens (tertiary/aromatic N) is 3. The zero-order chi connectivity index (χ0) is 20.7. The maximum atomic E-state index is 14.4. The molecule has 1 amide bonds. The first-order chi connectivity index (χ1) is 12.9. The Kier molecular flexibility index (Phi) is 5.11. The second-order valence-electron chi connectivity index (χ2n) is 8.22. The molecule has 2 aliphatic heterocycles. The molecule has 0 unspecified atom stereocenters. The lowest BCUT2D eigenvalue weighted by molar-refractivity contribution is 0.0560. The van der Waals surface area contributed by atoms with E-state index < -0.39 is 38.0 Å². The monoisotopic (exact) mass is 411 g/mol. The highest BCUT2D eigenvalue weighted by molar-refractivity contribution is 7.95. The van der Waals surface area contributed by atoms with Crippen LogP contribution in [0.2, 0.25) is 0 Å². The first-order valence-corrected chi connectivity index (χ1v) is 10.8. The number of carbonyl (C=O) groups excluding carboxylic acids is 1. The van der Waals surface area contributed by atoms with Crippen LogP contribution in [-0.4, -0.2) is 43.8 Å². The van der Waals surface area contributed by atoms with E-state index in [9.17, 15) is 13.4 Å². The molecular formula is C18H26FN5O3S. The lowest BCUT2D eigenvalue weighted by Gasteiger charge is -2.41. The normalized spacial score (nSPS) is 29.9. The van der Waals surface area contributed by atoms with E-state index in [2.05, 4.69) is 19.7 Å². The number of fused-ring (bicyclic) bond motifs is 1. The van der Waals surface area contributed by atoms with Crippen molar-refractivity contribution in [1.29, 1.82) is 0 Å². The number of pyridine rings is 1. The number of alkyl carbamates (subject to hydrolysis) is 1. The molecule has 3 heterocycles. The second kappa shape index (κ2) is 6.98. The highest BCUT2D eigenvalue weighted by atomic mass is 32.2. The van der Waals surface area contributed by atoms with Gasteiger partial charge in [0.1, 0.15) is 39.6 Å². The van der Waals surface area contributed by atoms with Gasteiger partial charge in [-0.1, -0.05) is 0 Å². The van der Waals surface area contributed by atoms with E-state index in [-0.39, 0.29) is 23.1 Å². The Morgan fingerprint density at radius 3 is 2.82 bits per heavy atom. The molecule has 1 aromatic heterocycles. The Labute approximate surface area is 164 Å². The summed E-state index contributed by atoms with van der Waals surface area (Å²) in [6.45, 7) is 7.45. The van der Waals surface area contributed by atoms with Crippen LogP contribution in [0.5, 0.6) is 0 Å². The first-order valence-electron chi connectivity index (χ1n) is 9.14. The van der Waals surface area contributed by atoms with Crippen molar-refractivity contribution in [1.82, 2.24) is 10.3 Å². The summed E-state index contributed by atoms with van der Waals surface area (Å²) in [5.41, 5.74) is 4.98. The summed E-state index contributed by atoms with van der Waals surface area (Å²) < 4.78 is 36.9. The number of amidine groups is 1. The van der Waals surface area contributed by atoms with Crippen molar-refractivity contribution in [3.8, 4) is 0 Å². The number of amides is 1. The molecule has 3 atom stereocenters. The summed E-state index contributed by atoms with van der Waals surface area (Å²) in [6.07, 6.45) is 0.558. The Balaban J connectivity index is 2.06. The summed E-state index contributed by atoms with van der Waals surface area (Å²) in [7, 11) is -2.82. The molecule has 2 aliphatic rings. The molecule has 0 bridgehead atoms. The zero-order valence-corrected chi connectivity index (χ0v) is 17.3. The number of nitrogens with one attached hydrogen (secondary N) is 1. The van der Waals surface area contributed by atoms with E-state index in [0.717, 1.165) is 6.42 Å². The minimum atomic E-state index is -2.82. The fourth-order valence-corrected chi connectivity index (χ4v) is 6.10. The van der Waals surface area contributed by atoms with Gasteiger partial charge in [0.15, 0.2) is 0 Å². The second-order valence-corrected chi connectivity index (χ2v) is 11.0. The van der Waals surface area contributed by atoms with Gasteiger partial charge in [-0.25, -0.2) is 22.7 Å². The number of aromatic nitrogens is 1. The smallest absolute Gasteiger partial charge is 0.413 e. The molecule has 8 nitrogen and oxygen atoms in total. The van der Waals surface area contributed by atoms with E-state index >= 15 is 0 Å². The molecule has 154 valence electrons. The molecule has 0 aliphatic carbocycles. The van der Waals surface area contributed by atoms with Gasteiger partial charge < -0.3 is 10.5 Å². The van der Waals surface area contributed by atoms with Crippen molar-refractivity contribution < 1.29 is 18.1 Å². The summed E-state index contributed by atoms with van der Waals surface area (Å²) >= 11 is 0. The molecule has 0 saturated carbocycles. The van der Waals surface area contributed by atoms with Crippen molar-refractivity contribution in [3.63, 3.8) is 0 Å². The molecule has 0 spiro atoms. The van der Waals surface area contributed by atoms with Crippen LogP contribution in [0.1, 0.15) is 52.3 Å². The molecule has 3 rings (SSSR count). The lowest BCUT2D eigenvalue weighted by atomic mass is 10.0. The molecule has 0 fully saturated rings. The van der Waals surface area contributed by atoms with Gasteiger partial charge in [0.2, 0.25) is 0 Å². The minimum absolute atomic E-state index is 0.00552. The third-order valence-electron chi connectivity index (χ3n) is 4.82. The number of hydrogen-bond donors (Lipinski definition) is 2. The largest absolute Gasteiger partial charge is 0.444 e.